The lowest BCUT2D eigenvalue weighted by atomic mass is 10.0. The average molecular weight is 274 g/mol. The lowest BCUT2D eigenvalue weighted by Gasteiger charge is -2.24. The second-order valence-electron chi connectivity index (χ2n) is 4.34. The lowest BCUT2D eigenvalue weighted by molar-refractivity contribution is -0.0859. The second kappa shape index (κ2) is 5.26. The van der Waals surface area contributed by atoms with Crippen LogP contribution in [-0.2, 0) is 4.74 Å². The minimum absolute atomic E-state index is 0.149. The van der Waals surface area contributed by atoms with E-state index < -0.39 is 11.8 Å². The van der Waals surface area contributed by atoms with E-state index in [9.17, 15) is 9.90 Å². The first-order valence-corrected chi connectivity index (χ1v) is 6.29. The summed E-state index contributed by atoms with van der Waals surface area (Å²) in [5.41, 5.74) is -1.12. The molecule has 0 aromatic carbocycles. The molecule has 1 aliphatic heterocycles. The number of alkyl halides is 1. The first kappa shape index (κ1) is 13.3. The van der Waals surface area contributed by atoms with Crippen LogP contribution in [0.2, 0.25) is 0 Å². The number of rotatable bonds is 4. The number of hydrogen-bond donors (Lipinski definition) is 2. The Morgan fingerprint density at radius 1 is 1.78 bits per heavy atom. The summed E-state index contributed by atoms with van der Waals surface area (Å²) in [7, 11) is 1.70. The molecule has 6 nitrogen and oxygen atoms in total. The molecule has 1 aromatic rings. The van der Waals surface area contributed by atoms with Crippen LogP contribution in [0.3, 0.4) is 0 Å². The van der Waals surface area contributed by atoms with Gasteiger partial charge in [0.15, 0.2) is 0 Å². The van der Waals surface area contributed by atoms with Gasteiger partial charge in [-0.1, -0.05) is 0 Å². The maximum atomic E-state index is 11.8. The third-order valence-electron chi connectivity index (χ3n) is 3.16. The summed E-state index contributed by atoms with van der Waals surface area (Å²) in [5, 5.41) is 12.1. The minimum atomic E-state index is -0.743. The van der Waals surface area contributed by atoms with Gasteiger partial charge in [0.25, 0.3) is 0 Å². The monoisotopic (exact) mass is 273 g/mol. The van der Waals surface area contributed by atoms with Crippen LogP contribution >= 0.6 is 11.6 Å². The average Bonchev–Trinajstić information content (AvgIpc) is 2.83. The lowest BCUT2D eigenvalue weighted by Crippen LogP contribution is -2.36. The molecule has 100 valence electrons. The van der Waals surface area contributed by atoms with Gasteiger partial charge in [-0.15, -0.1) is 11.6 Å². The number of ether oxygens (including phenoxy) is 1. The van der Waals surface area contributed by atoms with Crippen molar-refractivity contribution in [1.82, 2.24) is 9.55 Å². The molecule has 0 aliphatic carbocycles. The number of halogens is 1. The molecule has 1 fully saturated rings. The standard InChI is InChI=1S/C11H16ClN3O3/c1-13-8-3-5-15(10(17)14-8)9-2-4-11(6-12,7-16)18-9/h3,5,9,16H,2,4,6-7H2,1H3,(H,13,14,17)/t9-,11-/m1/s1. The van der Waals surface area contributed by atoms with Gasteiger partial charge in [0, 0.05) is 13.2 Å². The summed E-state index contributed by atoms with van der Waals surface area (Å²) < 4.78 is 7.13. The van der Waals surface area contributed by atoms with Crippen LogP contribution in [0.1, 0.15) is 19.1 Å². The van der Waals surface area contributed by atoms with Crippen molar-refractivity contribution in [3.05, 3.63) is 22.7 Å². The van der Waals surface area contributed by atoms with Gasteiger partial charge >= 0.3 is 5.69 Å². The quantitative estimate of drug-likeness (QED) is 0.784. The highest BCUT2D eigenvalue weighted by molar-refractivity contribution is 6.18. The van der Waals surface area contributed by atoms with E-state index >= 15 is 0 Å². The largest absolute Gasteiger partial charge is 0.393 e. The van der Waals surface area contributed by atoms with Crippen LogP contribution in [0, 0.1) is 0 Å². The van der Waals surface area contributed by atoms with Crippen molar-refractivity contribution in [1.29, 1.82) is 0 Å². The number of hydrogen-bond acceptors (Lipinski definition) is 5. The van der Waals surface area contributed by atoms with Gasteiger partial charge in [0.05, 0.1) is 12.5 Å². The summed E-state index contributed by atoms with van der Waals surface area (Å²) in [6.07, 6.45) is 2.47. The van der Waals surface area contributed by atoms with Gasteiger partial charge in [-0.25, -0.2) is 4.79 Å². The van der Waals surface area contributed by atoms with E-state index in [1.807, 2.05) is 0 Å². The molecule has 2 rings (SSSR count). The van der Waals surface area contributed by atoms with Crippen molar-refractivity contribution < 1.29 is 9.84 Å². The molecule has 1 aliphatic rings. The molecule has 18 heavy (non-hydrogen) atoms. The smallest absolute Gasteiger partial charge is 0.351 e. The van der Waals surface area contributed by atoms with Crippen molar-refractivity contribution in [2.45, 2.75) is 24.7 Å². The Kier molecular flexibility index (Phi) is 3.89. The molecular weight excluding hydrogens is 258 g/mol. The SMILES string of the molecule is CNc1ccn([C@H]2CC[C@](CO)(CCl)O2)c(=O)n1. The van der Waals surface area contributed by atoms with Crippen LogP contribution in [0.5, 0.6) is 0 Å². The fourth-order valence-electron chi connectivity index (χ4n) is 2.02. The fourth-order valence-corrected chi connectivity index (χ4v) is 2.30. The van der Waals surface area contributed by atoms with Gasteiger partial charge in [0.2, 0.25) is 0 Å². The Bertz CT molecular complexity index is 473. The van der Waals surface area contributed by atoms with Gasteiger partial charge < -0.3 is 15.2 Å². The second-order valence-corrected chi connectivity index (χ2v) is 4.61. The molecule has 2 atom stereocenters. The molecule has 0 amide bonds. The Hall–Kier alpha value is -1.11. The first-order valence-electron chi connectivity index (χ1n) is 5.76. The van der Waals surface area contributed by atoms with E-state index in [-0.39, 0.29) is 18.2 Å². The Morgan fingerprint density at radius 3 is 3.06 bits per heavy atom. The highest BCUT2D eigenvalue weighted by atomic mass is 35.5. The molecule has 1 saturated heterocycles. The zero-order chi connectivity index (χ0) is 13.2. The molecular formula is C11H16ClN3O3. The van der Waals surface area contributed by atoms with Crippen LogP contribution in [0.25, 0.3) is 0 Å². The van der Waals surface area contributed by atoms with Crippen molar-refractivity contribution in [3.8, 4) is 0 Å². The molecule has 1 aromatic heterocycles. The summed E-state index contributed by atoms with van der Waals surface area (Å²) in [6.45, 7) is -0.149. The zero-order valence-electron chi connectivity index (χ0n) is 10.1. The normalized spacial score (nSPS) is 27.4. The summed E-state index contributed by atoms with van der Waals surface area (Å²) in [6, 6.07) is 1.70. The highest BCUT2D eigenvalue weighted by Gasteiger charge is 2.40. The predicted molar refractivity (Wildman–Crippen MR) is 67.9 cm³/mol. The molecule has 0 saturated carbocycles. The topological polar surface area (TPSA) is 76.4 Å². The zero-order valence-corrected chi connectivity index (χ0v) is 10.9. The molecule has 7 heteroatoms. The fraction of sp³-hybridized carbons (Fsp3) is 0.636. The number of nitrogens with one attached hydrogen (secondary N) is 1. The van der Waals surface area contributed by atoms with Crippen molar-refractivity contribution in [2.24, 2.45) is 0 Å². The van der Waals surface area contributed by atoms with E-state index in [4.69, 9.17) is 16.3 Å². The molecule has 2 N–H and O–H groups in total. The first-order chi connectivity index (χ1) is 8.64. The molecule has 0 unspecified atom stereocenters. The molecule has 0 spiro atoms. The Labute approximate surface area is 110 Å². The molecule has 0 radical (unpaired) electrons. The van der Waals surface area contributed by atoms with Crippen LogP contribution in [0.15, 0.2) is 17.1 Å². The summed E-state index contributed by atoms with van der Waals surface area (Å²) >= 11 is 5.81. The third kappa shape index (κ3) is 2.36. The van der Waals surface area contributed by atoms with Crippen molar-refractivity contribution in [2.75, 3.05) is 24.9 Å². The van der Waals surface area contributed by atoms with Gasteiger partial charge in [-0.2, -0.15) is 4.98 Å². The van der Waals surface area contributed by atoms with E-state index in [1.54, 1.807) is 19.3 Å². The third-order valence-corrected chi connectivity index (χ3v) is 3.65. The maximum absolute atomic E-state index is 11.8. The number of anilines is 1. The number of aromatic nitrogens is 2. The van der Waals surface area contributed by atoms with E-state index in [1.165, 1.54) is 4.57 Å². The maximum Gasteiger partial charge on any atom is 0.351 e. The highest BCUT2D eigenvalue weighted by Crippen LogP contribution is 2.36. The molecule has 0 bridgehead atoms. The number of nitrogens with zero attached hydrogens (tertiary/aromatic N) is 2. The molecule has 2 heterocycles. The van der Waals surface area contributed by atoms with Crippen LogP contribution < -0.4 is 11.0 Å². The van der Waals surface area contributed by atoms with E-state index in [0.29, 0.717) is 18.7 Å². The number of aliphatic hydroxyl groups excluding tert-OH is 1. The summed E-state index contributed by atoms with van der Waals surface area (Å²) in [5.74, 6) is 0.719. The van der Waals surface area contributed by atoms with Gasteiger partial charge in [-0.05, 0) is 18.9 Å². The van der Waals surface area contributed by atoms with Gasteiger partial charge in [0.1, 0.15) is 17.6 Å². The number of aliphatic hydroxyl groups is 1. The van der Waals surface area contributed by atoms with Gasteiger partial charge in [-0.3, -0.25) is 4.57 Å². The van der Waals surface area contributed by atoms with Crippen LogP contribution in [0.4, 0.5) is 5.82 Å². The Morgan fingerprint density at radius 2 is 2.56 bits per heavy atom. The van der Waals surface area contributed by atoms with E-state index in [2.05, 4.69) is 10.3 Å². The van der Waals surface area contributed by atoms with Crippen LogP contribution in [-0.4, -0.2) is 39.8 Å². The Balaban J connectivity index is 2.22. The van der Waals surface area contributed by atoms with E-state index in [0.717, 1.165) is 0 Å². The van der Waals surface area contributed by atoms with Crippen molar-refractivity contribution in [3.63, 3.8) is 0 Å². The predicted octanol–water partition coefficient (Wildman–Crippen LogP) is 0.564. The summed E-state index contributed by atoms with van der Waals surface area (Å²) in [4.78, 5) is 15.7. The minimum Gasteiger partial charge on any atom is -0.393 e. The van der Waals surface area contributed by atoms with Crippen molar-refractivity contribution >= 4 is 17.4 Å².